The number of halogens is 5. The Kier molecular flexibility index (Phi) is 9.40. The van der Waals surface area contributed by atoms with E-state index in [1.807, 2.05) is 0 Å². The smallest absolute Gasteiger partial charge is 0.416 e. The van der Waals surface area contributed by atoms with Gasteiger partial charge in [0.1, 0.15) is 22.2 Å². The second-order valence-electron chi connectivity index (χ2n) is 10.7. The van der Waals surface area contributed by atoms with Crippen LogP contribution in [0.2, 0.25) is 10.0 Å². The van der Waals surface area contributed by atoms with Gasteiger partial charge in [0.05, 0.1) is 26.9 Å². The Balaban J connectivity index is 1.65. The molecule has 5 nitrogen and oxygen atoms in total. The molecule has 2 atom stereocenters. The van der Waals surface area contributed by atoms with E-state index in [1.165, 1.54) is 17.8 Å². The van der Waals surface area contributed by atoms with Gasteiger partial charge in [0.15, 0.2) is 5.60 Å². The fourth-order valence-electron chi connectivity index (χ4n) is 3.77. The van der Waals surface area contributed by atoms with E-state index < -0.39 is 40.2 Å². The summed E-state index contributed by atoms with van der Waals surface area (Å²) in [6.45, 7) is 10.2. The number of ether oxygens (including phenoxy) is 2. The van der Waals surface area contributed by atoms with Gasteiger partial charge >= 0.3 is 12.1 Å². The van der Waals surface area contributed by atoms with Gasteiger partial charge in [-0.3, -0.25) is 9.79 Å². The molecule has 0 aliphatic carbocycles. The Morgan fingerprint density at radius 3 is 2.31 bits per heavy atom. The normalized spacial score (nSPS) is 18.1. The molecule has 1 aliphatic heterocycles. The zero-order valence-corrected chi connectivity index (χ0v) is 24.7. The van der Waals surface area contributed by atoms with Crippen LogP contribution in [0.5, 0.6) is 5.75 Å². The van der Waals surface area contributed by atoms with E-state index in [4.69, 9.17) is 32.7 Å². The molecule has 39 heavy (non-hydrogen) atoms. The number of aliphatic imine (C=N–C) groups is 1. The van der Waals surface area contributed by atoms with Crippen molar-refractivity contribution < 1.29 is 32.2 Å². The summed E-state index contributed by atoms with van der Waals surface area (Å²) in [5.74, 6) is -0.463. The molecule has 1 aliphatic rings. The van der Waals surface area contributed by atoms with Crippen LogP contribution in [0.15, 0.2) is 41.4 Å². The highest BCUT2D eigenvalue weighted by atomic mass is 35.5. The number of carbonyl (C=O) groups is 2. The lowest BCUT2D eigenvalue weighted by Gasteiger charge is -2.29. The van der Waals surface area contributed by atoms with E-state index in [2.05, 4.69) is 4.99 Å². The van der Waals surface area contributed by atoms with Gasteiger partial charge in [-0.05, 0) is 71.7 Å². The van der Waals surface area contributed by atoms with Gasteiger partial charge in [0.2, 0.25) is 0 Å². The van der Waals surface area contributed by atoms with Crippen LogP contribution >= 0.6 is 35.0 Å². The van der Waals surface area contributed by atoms with E-state index in [9.17, 15) is 22.8 Å². The fraction of sp³-hybridized carbons (Fsp3) is 0.464. The summed E-state index contributed by atoms with van der Waals surface area (Å²) < 4.78 is 50.6. The van der Waals surface area contributed by atoms with Crippen LogP contribution in [0.25, 0.3) is 0 Å². The summed E-state index contributed by atoms with van der Waals surface area (Å²) in [5.41, 5.74) is -1.84. The number of thioether (sulfide) groups is 1. The Hall–Kier alpha value is -2.23. The van der Waals surface area contributed by atoms with Gasteiger partial charge < -0.3 is 9.47 Å². The third-order valence-corrected chi connectivity index (χ3v) is 8.15. The van der Waals surface area contributed by atoms with Crippen LogP contribution in [0.4, 0.5) is 13.2 Å². The molecular formula is C28H30Cl2F3NO4S. The monoisotopic (exact) mass is 603 g/mol. The number of benzene rings is 2. The summed E-state index contributed by atoms with van der Waals surface area (Å²) in [6, 6.07) is 7.79. The third kappa shape index (κ3) is 7.92. The molecule has 0 spiro atoms. The first-order chi connectivity index (χ1) is 17.9. The van der Waals surface area contributed by atoms with Crippen LogP contribution < -0.4 is 4.74 Å². The van der Waals surface area contributed by atoms with Gasteiger partial charge in [-0.15, -0.1) is 0 Å². The summed E-state index contributed by atoms with van der Waals surface area (Å²) in [6.07, 6.45) is -4.05. The summed E-state index contributed by atoms with van der Waals surface area (Å²) >= 11 is 14.1. The largest absolute Gasteiger partial charge is 0.475 e. The molecule has 0 N–H and O–H groups in total. The second kappa shape index (κ2) is 11.7. The zero-order valence-electron chi connectivity index (χ0n) is 22.4. The van der Waals surface area contributed by atoms with Crippen molar-refractivity contribution >= 4 is 51.8 Å². The maximum absolute atomic E-state index is 13.1. The molecule has 2 unspecified atom stereocenters. The molecule has 0 saturated heterocycles. The summed E-state index contributed by atoms with van der Waals surface area (Å²) in [4.78, 5) is 30.0. The molecule has 3 rings (SSSR count). The first kappa shape index (κ1) is 31.3. The van der Waals surface area contributed by atoms with Crippen LogP contribution in [-0.4, -0.2) is 39.3 Å². The second-order valence-corrected chi connectivity index (χ2v) is 12.6. The van der Waals surface area contributed by atoms with E-state index in [1.54, 1.807) is 59.7 Å². The molecule has 0 bridgehead atoms. The molecule has 2 aromatic carbocycles. The molecule has 0 amide bonds. The number of aryl methyl sites for hydroxylation is 1. The summed E-state index contributed by atoms with van der Waals surface area (Å²) in [5, 5.41) is 0.190. The molecule has 0 saturated carbocycles. The molecule has 1 heterocycles. The molecule has 212 valence electrons. The molecule has 11 heteroatoms. The first-order valence-corrected chi connectivity index (χ1v) is 13.9. The highest BCUT2D eigenvalue weighted by Crippen LogP contribution is 2.39. The maximum Gasteiger partial charge on any atom is 0.416 e. The lowest BCUT2D eigenvalue weighted by molar-refractivity contribution is -0.170. The van der Waals surface area contributed by atoms with Crippen LogP contribution in [-0.2, 0) is 26.9 Å². The quantitative estimate of drug-likeness (QED) is 0.286. The number of Topliss-reactive ketones (excluding diaryl/α,β-unsaturated/α-hetero) is 1. The number of esters is 1. The zero-order chi connectivity index (χ0) is 29.3. The van der Waals surface area contributed by atoms with Gasteiger partial charge in [0, 0.05) is 12.0 Å². The third-order valence-electron chi connectivity index (χ3n) is 5.77. The van der Waals surface area contributed by atoms with Crippen molar-refractivity contribution in [1.29, 1.82) is 0 Å². The van der Waals surface area contributed by atoms with Crippen molar-refractivity contribution in [3.05, 3.63) is 63.1 Å². The van der Waals surface area contributed by atoms with Gasteiger partial charge in [-0.1, -0.05) is 53.2 Å². The number of alkyl halides is 3. The van der Waals surface area contributed by atoms with Crippen LogP contribution in [0, 0.1) is 0 Å². The van der Waals surface area contributed by atoms with E-state index in [-0.39, 0.29) is 34.4 Å². The van der Waals surface area contributed by atoms with Crippen LogP contribution in [0.1, 0.15) is 64.7 Å². The number of rotatable bonds is 8. The van der Waals surface area contributed by atoms with Crippen LogP contribution in [0.3, 0.4) is 0 Å². The average Bonchev–Trinajstić information content (AvgIpc) is 3.21. The number of hydrogen-bond donors (Lipinski definition) is 0. The molecule has 0 radical (unpaired) electrons. The predicted octanol–water partition coefficient (Wildman–Crippen LogP) is 7.96. The highest BCUT2D eigenvalue weighted by molar-refractivity contribution is 8.15. The Labute approximate surface area is 240 Å². The highest BCUT2D eigenvalue weighted by Gasteiger charge is 2.37. The molecular weight excluding hydrogens is 574 g/mol. The topological polar surface area (TPSA) is 65.0 Å². The van der Waals surface area contributed by atoms with Crippen molar-refractivity contribution in [2.45, 2.75) is 83.1 Å². The minimum absolute atomic E-state index is 0.100. The minimum atomic E-state index is -4.46. The molecule has 0 aromatic heterocycles. The maximum atomic E-state index is 13.1. The van der Waals surface area contributed by atoms with Crippen molar-refractivity contribution in [2.24, 2.45) is 4.99 Å². The average molecular weight is 605 g/mol. The fourth-order valence-corrected chi connectivity index (χ4v) is 5.48. The lowest BCUT2D eigenvalue weighted by Crippen LogP contribution is -2.43. The van der Waals surface area contributed by atoms with Crippen molar-refractivity contribution in [3.8, 4) is 5.75 Å². The van der Waals surface area contributed by atoms with Gasteiger partial charge in [0.25, 0.3) is 0 Å². The summed E-state index contributed by atoms with van der Waals surface area (Å²) in [7, 11) is 0. The Morgan fingerprint density at radius 2 is 1.69 bits per heavy atom. The first-order valence-electron chi connectivity index (χ1n) is 12.2. The number of ketones is 1. The lowest BCUT2D eigenvalue weighted by atomic mass is 10.0. The Bertz CT molecular complexity index is 1290. The van der Waals surface area contributed by atoms with E-state index in [0.717, 1.165) is 12.1 Å². The SMILES string of the molecule is CC1N=C(c2cccc(C(F)(F)F)c2)SC1C(=O)CCc1ccc(OC(C)(C)C(=O)OC(C)(C)C)c(Cl)c1Cl. The van der Waals surface area contributed by atoms with Gasteiger partial charge in [-0.25, -0.2) is 4.79 Å². The molecule has 0 fully saturated rings. The molecule has 2 aromatic rings. The standard InChI is InChI=1S/C28H30Cl2F3NO4S/c1-15-23(39-24(34-15)17-8-7-9-18(14-17)28(31,32)33)19(35)12-10-16-11-13-20(22(30)21(16)29)37-27(5,6)25(36)38-26(2,3)4/h7-9,11,13-15,23H,10,12H2,1-6H3. The van der Waals surface area contributed by atoms with Crippen molar-refractivity contribution in [1.82, 2.24) is 0 Å². The van der Waals surface area contributed by atoms with Crippen molar-refractivity contribution in [3.63, 3.8) is 0 Å². The van der Waals surface area contributed by atoms with E-state index >= 15 is 0 Å². The van der Waals surface area contributed by atoms with Gasteiger partial charge in [-0.2, -0.15) is 13.2 Å². The predicted molar refractivity (Wildman–Crippen MR) is 149 cm³/mol. The number of nitrogens with zero attached hydrogens (tertiary/aromatic N) is 1. The Morgan fingerprint density at radius 1 is 1.03 bits per heavy atom. The van der Waals surface area contributed by atoms with Crippen molar-refractivity contribution in [2.75, 3.05) is 0 Å². The number of hydrogen-bond acceptors (Lipinski definition) is 6. The van der Waals surface area contributed by atoms with E-state index in [0.29, 0.717) is 16.2 Å². The minimum Gasteiger partial charge on any atom is -0.475 e. The number of carbonyl (C=O) groups excluding carboxylic acids is 2.